The molecular weight excluding hydrogens is 326 g/mol. The molecule has 0 aliphatic carbocycles. The van der Waals surface area contributed by atoms with Gasteiger partial charge in [0.15, 0.2) is 6.61 Å². The summed E-state index contributed by atoms with van der Waals surface area (Å²) in [6.07, 6.45) is 0.919. The first kappa shape index (κ1) is 18.0. The van der Waals surface area contributed by atoms with Crippen LogP contribution in [0.15, 0.2) is 41.8 Å². The highest BCUT2D eigenvalue weighted by atomic mass is 32.1. The van der Waals surface area contributed by atoms with Crippen LogP contribution in [0.1, 0.15) is 41.5 Å². The number of carbonyl (C=O) groups excluding carboxylic acids is 2. The largest absolute Gasteiger partial charge is 0.494 e. The van der Waals surface area contributed by atoms with Crippen molar-refractivity contribution < 1.29 is 19.1 Å². The van der Waals surface area contributed by atoms with Gasteiger partial charge >= 0.3 is 5.97 Å². The van der Waals surface area contributed by atoms with E-state index in [0.29, 0.717) is 17.9 Å². The lowest BCUT2D eigenvalue weighted by Crippen LogP contribution is -2.30. The molecule has 24 heavy (non-hydrogen) atoms. The fourth-order valence-electron chi connectivity index (χ4n) is 2.01. The Kier molecular flexibility index (Phi) is 6.81. The first-order valence-electron chi connectivity index (χ1n) is 7.83. The molecule has 5 nitrogen and oxygen atoms in total. The van der Waals surface area contributed by atoms with Gasteiger partial charge in [-0.3, -0.25) is 4.79 Å². The lowest BCUT2D eigenvalue weighted by atomic mass is 10.2. The summed E-state index contributed by atoms with van der Waals surface area (Å²) >= 11 is 1.57. The molecule has 0 radical (unpaired) electrons. The Morgan fingerprint density at radius 2 is 1.96 bits per heavy atom. The van der Waals surface area contributed by atoms with Gasteiger partial charge in [0.2, 0.25) is 0 Å². The van der Waals surface area contributed by atoms with Gasteiger partial charge in [0, 0.05) is 4.88 Å². The highest BCUT2D eigenvalue weighted by Gasteiger charge is 2.13. The number of ether oxygens (including phenoxy) is 2. The quantitative estimate of drug-likeness (QED) is 0.742. The molecule has 0 saturated carbocycles. The number of nitrogens with one attached hydrogen (secondary N) is 1. The minimum absolute atomic E-state index is 0.105. The van der Waals surface area contributed by atoms with Crippen LogP contribution in [0.4, 0.5) is 0 Å². The van der Waals surface area contributed by atoms with Gasteiger partial charge in [-0.15, -0.1) is 11.3 Å². The van der Waals surface area contributed by atoms with Gasteiger partial charge in [-0.05, 0) is 49.1 Å². The number of amides is 1. The molecule has 0 fully saturated rings. The molecule has 1 aromatic carbocycles. The van der Waals surface area contributed by atoms with E-state index in [4.69, 9.17) is 9.47 Å². The average molecular weight is 347 g/mol. The first-order chi connectivity index (χ1) is 11.6. The van der Waals surface area contributed by atoms with E-state index in [0.717, 1.165) is 11.3 Å². The van der Waals surface area contributed by atoms with Gasteiger partial charge in [-0.2, -0.15) is 0 Å². The summed E-state index contributed by atoms with van der Waals surface area (Å²) in [6, 6.07) is 10.4. The Labute approximate surface area is 145 Å². The monoisotopic (exact) mass is 347 g/mol. The fourth-order valence-corrected chi connectivity index (χ4v) is 2.75. The number of thiophene rings is 1. The van der Waals surface area contributed by atoms with Gasteiger partial charge in [-0.25, -0.2) is 4.79 Å². The average Bonchev–Trinajstić information content (AvgIpc) is 3.13. The Bertz CT molecular complexity index is 652. The summed E-state index contributed by atoms with van der Waals surface area (Å²) in [4.78, 5) is 24.9. The molecule has 0 spiro atoms. The Hall–Kier alpha value is -2.34. The van der Waals surface area contributed by atoms with Gasteiger partial charge < -0.3 is 14.8 Å². The van der Waals surface area contributed by atoms with E-state index >= 15 is 0 Å². The molecule has 6 heteroatoms. The molecule has 0 unspecified atom stereocenters. The lowest BCUT2D eigenvalue weighted by Gasteiger charge is -2.12. The van der Waals surface area contributed by atoms with Gasteiger partial charge in [0.1, 0.15) is 5.75 Å². The van der Waals surface area contributed by atoms with Crippen molar-refractivity contribution in [1.82, 2.24) is 5.32 Å². The maximum absolute atomic E-state index is 11.9. The van der Waals surface area contributed by atoms with Crippen molar-refractivity contribution in [2.75, 3.05) is 13.2 Å². The summed E-state index contributed by atoms with van der Waals surface area (Å²) in [5.74, 6) is -0.154. The zero-order chi connectivity index (χ0) is 17.4. The van der Waals surface area contributed by atoms with E-state index in [2.05, 4.69) is 5.32 Å². The van der Waals surface area contributed by atoms with Crippen molar-refractivity contribution in [1.29, 1.82) is 0 Å². The Balaban J connectivity index is 1.78. The first-order valence-corrected chi connectivity index (χ1v) is 8.71. The number of esters is 1. The third-order valence-corrected chi connectivity index (χ3v) is 4.30. The second-order valence-electron chi connectivity index (χ2n) is 5.25. The van der Waals surface area contributed by atoms with Crippen LogP contribution in [-0.4, -0.2) is 25.1 Å². The fraction of sp³-hybridized carbons (Fsp3) is 0.333. The van der Waals surface area contributed by atoms with E-state index < -0.39 is 5.97 Å². The van der Waals surface area contributed by atoms with Crippen molar-refractivity contribution in [2.24, 2.45) is 0 Å². The van der Waals surface area contributed by atoms with Crippen LogP contribution in [0.2, 0.25) is 0 Å². The smallest absolute Gasteiger partial charge is 0.338 e. The van der Waals surface area contributed by atoms with E-state index in [9.17, 15) is 9.59 Å². The molecule has 0 aliphatic rings. The summed E-state index contributed by atoms with van der Waals surface area (Å²) in [6.45, 7) is 4.24. The topological polar surface area (TPSA) is 64.6 Å². The predicted octanol–water partition coefficient (Wildman–Crippen LogP) is 3.57. The lowest BCUT2D eigenvalue weighted by molar-refractivity contribution is -0.124. The summed E-state index contributed by atoms with van der Waals surface area (Å²) in [5.41, 5.74) is 0.387. The number of hydrogen-bond acceptors (Lipinski definition) is 5. The van der Waals surface area contributed by atoms with Gasteiger partial charge in [0.25, 0.3) is 5.91 Å². The minimum atomic E-state index is -0.532. The van der Waals surface area contributed by atoms with Crippen LogP contribution in [0, 0.1) is 0 Å². The van der Waals surface area contributed by atoms with Gasteiger partial charge in [0.05, 0.1) is 18.2 Å². The highest BCUT2D eigenvalue weighted by Crippen LogP contribution is 2.18. The molecule has 0 aliphatic heterocycles. The molecule has 1 aromatic heterocycles. The zero-order valence-corrected chi connectivity index (χ0v) is 14.6. The van der Waals surface area contributed by atoms with Crippen molar-refractivity contribution >= 4 is 23.2 Å². The molecule has 1 amide bonds. The van der Waals surface area contributed by atoms with E-state index in [-0.39, 0.29) is 18.6 Å². The zero-order valence-electron chi connectivity index (χ0n) is 13.8. The van der Waals surface area contributed by atoms with Crippen LogP contribution < -0.4 is 10.1 Å². The van der Waals surface area contributed by atoms with Crippen LogP contribution in [-0.2, 0) is 9.53 Å². The molecule has 0 bridgehead atoms. The van der Waals surface area contributed by atoms with Crippen LogP contribution in [0.5, 0.6) is 5.75 Å². The maximum Gasteiger partial charge on any atom is 0.338 e. The number of rotatable bonds is 8. The van der Waals surface area contributed by atoms with Crippen molar-refractivity contribution in [3.8, 4) is 5.75 Å². The van der Waals surface area contributed by atoms with Crippen molar-refractivity contribution in [2.45, 2.75) is 26.3 Å². The SMILES string of the molecule is CCCOc1ccc(C(=O)OCC(=O)N[C@H](C)c2cccs2)cc1. The van der Waals surface area contributed by atoms with Crippen molar-refractivity contribution in [3.63, 3.8) is 0 Å². The normalized spacial score (nSPS) is 11.6. The van der Waals surface area contributed by atoms with Crippen LogP contribution in [0.25, 0.3) is 0 Å². The van der Waals surface area contributed by atoms with E-state index in [1.165, 1.54) is 0 Å². The third-order valence-electron chi connectivity index (χ3n) is 3.24. The molecule has 1 atom stereocenters. The highest BCUT2D eigenvalue weighted by molar-refractivity contribution is 7.10. The molecule has 2 rings (SSSR count). The maximum atomic E-state index is 11.9. The second-order valence-corrected chi connectivity index (χ2v) is 6.23. The minimum Gasteiger partial charge on any atom is -0.494 e. The van der Waals surface area contributed by atoms with Crippen molar-refractivity contribution in [3.05, 3.63) is 52.2 Å². The number of hydrogen-bond donors (Lipinski definition) is 1. The summed E-state index contributed by atoms with van der Waals surface area (Å²) in [7, 11) is 0. The summed E-state index contributed by atoms with van der Waals surface area (Å²) < 4.78 is 10.5. The molecular formula is C18H21NO4S. The standard InChI is InChI=1S/C18H21NO4S/c1-3-10-22-15-8-6-14(7-9-15)18(21)23-12-17(20)19-13(2)16-5-4-11-24-16/h4-9,11,13H,3,10,12H2,1-2H3,(H,19,20)/t13-/m1/s1. The number of carbonyl (C=O) groups is 2. The van der Waals surface area contributed by atoms with Crippen LogP contribution >= 0.6 is 11.3 Å². The van der Waals surface area contributed by atoms with E-state index in [1.807, 2.05) is 31.4 Å². The molecule has 1 heterocycles. The Morgan fingerprint density at radius 1 is 1.21 bits per heavy atom. The second kappa shape index (κ2) is 9.08. The van der Waals surface area contributed by atoms with Crippen LogP contribution in [0.3, 0.4) is 0 Å². The molecule has 1 N–H and O–H groups in total. The molecule has 2 aromatic rings. The molecule has 128 valence electrons. The number of benzene rings is 1. The molecule has 0 saturated heterocycles. The third kappa shape index (κ3) is 5.38. The predicted molar refractivity (Wildman–Crippen MR) is 93.4 cm³/mol. The van der Waals surface area contributed by atoms with E-state index in [1.54, 1.807) is 35.6 Å². The van der Waals surface area contributed by atoms with Gasteiger partial charge in [-0.1, -0.05) is 13.0 Å². The Morgan fingerprint density at radius 3 is 2.58 bits per heavy atom. The summed E-state index contributed by atoms with van der Waals surface area (Å²) in [5, 5.41) is 4.75.